The molecule has 0 saturated heterocycles. The average Bonchev–Trinajstić information content (AvgIpc) is 2.60. The molecule has 4 fully saturated rings. The van der Waals surface area contributed by atoms with Crippen LogP contribution in [0.3, 0.4) is 0 Å². The summed E-state index contributed by atoms with van der Waals surface area (Å²) in [5.74, 6) is 0.889. The molecule has 0 heterocycles. The number of halogens is 1. The maximum absolute atomic E-state index is 14.4. The molecule has 4 bridgehead atoms. The Morgan fingerprint density at radius 2 is 1.59 bits per heavy atom. The Hall–Kier alpha value is -1.13. The van der Waals surface area contributed by atoms with Crippen LogP contribution < -0.4 is 0 Å². The van der Waals surface area contributed by atoms with E-state index in [1.807, 2.05) is 0 Å². The van der Waals surface area contributed by atoms with Gasteiger partial charge in [-0.1, -0.05) is 26.2 Å². The second kappa shape index (κ2) is 8.48. The molecule has 5 heteroatoms. The van der Waals surface area contributed by atoms with Crippen molar-refractivity contribution in [3.63, 3.8) is 0 Å². The molecular weight excluding hydrogens is 347 g/mol. The SMILES string of the molecule is CCCCCCC(C)(F)C(=O)OCC(=O)OCC12CC3CC(CC(C3)C1)C2. The maximum Gasteiger partial charge on any atom is 0.344 e. The van der Waals surface area contributed by atoms with Gasteiger partial charge >= 0.3 is 11.9 Å². The molecule has 0 N–H and O–H groups in total. The van der Waals surface area contributed by atoms with Crippen molar-refractivity contribution >= 4 is 11.9 Å². The van der Waals surface area contributed by atoms with Crippen molar-refractivity contribution in [2.45, 2.75) is 90.1 Å². The third kappa shape index (κ3) is 5.23. The van der Waals surface area contributed by atoms with E-state index in [4.69, 9.17) is 9.47 Å². The fourth-order valence-corrected chi connectivity index (χ4v) is 6.00. The molecule has 0 aromatic heterocycles. The van der Waals surface area contributed by atoms with Crippen molar-refractivity contribution in [3.05, 3.63) is 0 Å². The van der Waals surface area contributed by atoms with Gasteiger partial charge in [0, 0.05) is 5.41 Å². The van der Waals surface area contributed by atoms with E-state index in [1.165, 1.54) is 26.2 Å². The van der Waals surface area contributed by atoms with Gasteiger partial charge in [0.1, 0.15) is 0 Å². The summed E-state index contributed by atoms with van der Waals surface area (Å²) in [4.78, 5) is 24.0. The molecule has 0 amide bonds. The zero-order valence-corrected chi connectivity index (χ0v) is 16.9. The third-order valence-electron chi connectivity index (χ3n) is 6.95. The second-order valence-electron chi connectivity index (χ2n) is 9.66. The van der Waals surface area contributed by atoms with Gasteiger partial charge in [-0.15, -0.1) is 0 Å². The van der Waals surface area contributed by atoms with E-state index in [9.17, 15) is 14.0 Å². The van der Waals surface area contributed by atoms with Crippen molar-refractivity contribution in [1.29, 1.82) is 0 Å². The minimum Gasteiger partial charge on any atom is -0.463 e. The number of rotatable bonds is 10. The third-order valence-corrected chi connectivity index (χ3v) is 6.95. The highest BCUT2D eigenvalue weighted by Crippen LogP contribution is 2.60. The number of carbonyl (C=O) groups is 2. The molecule has 0 radical (unpaired) electrons. The van der Waals surface area contributed by atoms with Gasteiger partial charge in [0.2, 0.25) is 5.67 Å². The van der Waals surface area contributed by atoms with Gasteiger partial charge in [-0.2, -0.15) is 0 Å². The maximum atomic E-state index is 14.4. The minimum atomic E-state index is -2.03. The smallest absolute Gasteiger partial charge is 0.344 e. The molecular formula is C22H35FO4. The van der Waals surface area contributed by atoms with Gasteiger partial charge in [0.25, 0.3) is 0 Å². The first-order valence-corrected chi connectivity index (χ1v) is 10.8. The van der Waals surface area contributed by atoms with Crippen LogP contribution in [-0.2, 0) is 19.1 Å². The molecule has 27 heavy (non-hydrogen) atoms. The normalized spacial score (nSPS) is 33.5. The van der Waals surface area contributed by atoms with Crippen LogP contribution in [0.15, 0.2) is 0 Å². The molecule has 1 unspecified atom stereocenters. The van der Waals surface area contributed by atoms with Crippen LogP contribution in [0.2, 0.25) is 0 Å². The number of ether oxygens (including phenoxy) is 2. The van der Waals surface area contributed by atoms with Gasteiger partial charge < -0.3 is 9.47 Å². The number of unbranched alkanes of at least 4 members (excludes halogenated alkanes) is 3. The van der Waals surface area contributed by atoms with Crippen LogP contribution in [0.1, 0.15) is 84.5 Å². The Bertz CT molecular complexity index is 507. The van der Waals surface area contributed by atoms with Crippen molar-refractivity contribution in [2.75, 3.05) is 13.2 Å². The molecule has 4 nitrogen and oxygen atoms in total. The highest BCUT2D eigenvalue weighted by molar-refractivity contribution is 5.81. The van der Waals surface area contributed by atoms with E-state index >= 15 is 0 Å². The van der Waals surface area contributed by atoms with E-state index in [0.29, 0.717) is 13.0 Å². The second-order valence-corrected chi connectivity index (χ2v) is 9.66. The van der Waals surface area contributed by atoms with E-state index in [0.717, 1.165) is 56.3 Å². The van der Waals surface area contributed by atoms with Gasteiger partial charge in [-0.3, -0.25) is 0 Å². The first kappa shape index (κ1) is 20.6. The molecule has 0 aromatic rings. The predicted molar refractivity (Wildman–Crippen MR) is 101 cm³/mol. The molecule has 154 valence electrons. The number of hydrogen-bond donors (Lipinski definition) is 0. The number of hydrogen-bond acceptors (Lipinski definition) is 4. The first-order chi connectivity index (χ1) is 12.8. The van der Waals surface area contributed by atoms with Gasteiger partial charge in [0.15, 0.2) is 6.61 Å². The minimum absolute atomic E-state index is 0.133. The van der Waals surface area contributed by atoms with E-state index in [1.54, 1.807) is 0 Å². The van der Waals surface area contributed by atoms with Crippen molar-refractivity contribution < 1.29 is 23.5 Å². The largest absolute Gasteiger partial charge is 0.463 e. The summed E-state index contributed by atoms with van der Waals surface area (Å²) in [6.45, 7) is 3.26. The molecule has 4 aliphatic carbocycles. The Morgan fingerprint density at radius 1 is 1.00 bits per heavy atom. The van der Waals surface area contributed by atoms with Gasteiger partial charge in [-0.25, -0.2) is 14.0 Å². The standard InChI is InChI=1S/C22H35FO4/c1-3-4-5-6-7-21(2,23)20(25)26-14-19(24)27-15-22-11-16-8-17(12-22)10-18(9-16)13-22/h16-18H,3-15H2,1-2H3. The summed E-state index contributed by atoms with van der Waals surface area (Å²) in [6, 6.07) is 0. The first-order valence-electron chi connectivity index (χ1n) is 10.8. The van der Waals surface area contributed by atoms with Crippen molar-refractivity contribution in [2.24, 2.45) is 23.2 Å². The molecule has 4 rings (SSSR count). The van der Waals surface area contributed by atoms with Crippen LogP contribution >= 0.6 is 0 Å². The fraction of sp³-hybridized carbons (Fsp3) is 0.909. The van der Waals surface area contributed by atoms with Crippen molar-refractivity contribution in [3.8, 4) is 0 Å². The lowest BCUT2D eigenvalue weighted by Gasteiger charge is -2.56. The number of carbonyl (C=O) groups excluding carboxylic acids is 2. The van der Waals surface area contributed by atoms with Gasteiger partial charge in [0.05, 0.1) is 6.61 Å². The zero-order valence-electron chi connectivity index (χ0n) is 16.9. The Balaban J connectivity index is 1.38. The summed E-state index contributed by atoms with van der Waals surface area (Å²) in [6.07, 6.45) is 11.3. The van der Waals surface area contributed by atoms with E-state index < -0.39 is 24.2 Å². The summed E-state index contributed by atoms with van der Waals surface area (Å²) in [5.41, 5.74) is -1.89. The highest BCUT2D eigenvalue weighted by Gasteiger charge is 2.51. The summed E-state index contributed by atoms with van der Waals surface area (Å²) in [5, 5.41) is 0. The monoisotopic (exact) mass is 382 g/mol. The van der Waals surface area contributed by atoms with Crippen LogP contribution in [0.5, 0.6) is 0 Å². The Kier molecular flexibility index (Phi) is 6.47. The van der Waals surface area contributed by atoms with Crippen molar-refractivity contribution in [1.82, 2.24) is 0 Å². The molecule has 4 aliphatic rings. The average molecular weight is 383 g/mol. The zero-order chi connectivity index (χ0) is 19.5. The highest BCUT2D eigenvalue weighted by atomic mass is 19.1. The van der Waals surface area contributed by atoms with Gasteiger partial charge in [-0.05, 0) is 76.0 Å². The molecule has 0 aromatic carbocycles. The van der Waals surface area contributed by atoms with Crippen LogP contribution in [0.4, 0.5) is 4.39 Å². The summed E-state index contributed by atoms with van der Waals surface area (Å²) >= 11 is 0. The lowest BCUT2D eigenvalue weighted by molar-refractivity contribution is -0.171. The van der Waals surface area contributed by atoms with Crippen LogP contribution in [0.25, 0.3) is 0 Å². The number of esters is 2. The Morgan fingerprint density at radius 3 is 2.15 bits per heavy atom. The molecule has 1 atom stereocenters. The fourth-order valence-electron chi connectivity index (χ4n) is 6.00. The predicted octanol–water partition coefficient (Wildman–Crippen LogP) is 4.99. The summed E-state index contributed by atoms with van der Waals surface area (Å²) < 4.78 is 24.8. The molecule has 4 saturated carbocycles. The molecule has 0 spiro atoms. The Labute approximate surface area is 162 Å². The van der Waals surface area contributed by atoms with Crippen LogP contribution in [-0.4, -0.2) is 30.8 Å². The van der Waals surface area contributed by atoms with Crippen LogP contribution in [0, 0.1) is 23.2 Å². The van der Waals surface area contributed by atoms with E-state index in [-0.39, 0.29) is 11.8 Å². The lowest BCUT2D eigenvalue weighted by atomic mass is 9.50. The topological polar surface area (TPSA) is 52.6 Å². The lowest BCUT2D eigenvalue weighted by Crippen LogP contribution is -2.48. The summed E-state index contributed by atoms with van der Waals surface area (Å²) in [7, 11) is 0. The molecule has 0 aliphatic heterocycles. The number of alkyl halides is 1. The quantitative estimate of drug-likeness (QED) is 0.395. The van der Waals surface area contributed by atoms with E-state index in [2.05, 4.69) is 6.92 Å².